The summed E-state index contributed by atoms with van der Waals surface area (Å²) in [4.78, 5) is 25.0. The van der Waals surface area contributed by atoms with E-state index in [2.05, 4.69) is 14.9 Å². The number of hydrogen-bond acceptors (Lipinski definition) is 5. The molecule has 0 aromatic carbocycles. The molecule has 0 radical (unpaired) electrons. The summed E-state index contributed by atoms with van der Waals surface area (Å²) >= 11 is 0. The van der Waals surface area contributed by atoms with Crippen LogP contribution in [0.15, 0.2) is 12.4 Å². The van der Waals surface area contributed by atoms with E-state index in [-0.39, 0.29) is 6.61 Å². The van der Waals surface area contributed by atoms with Gasteiger partial charge in [-0.2, -0.15) is 0 Å². The van der Waals surface area contributed by atoms with Gasteiger partial charge in [0.05, 0.1) is 24.7 Å². The Morgan fingerprint density at radius 1 is 1.13 bits per heavy atom. The van der Waals surface area contributed by atoms with Crippen molar-refractivity contribution in [2.75, 3.05) is 31.1 Å². The maximum Gasteiger partial charge on any atom is 0.222 e. The number of carbonyl (C=O) groups is 1. The molecule has 2 heterocycles. The molecule has 1 aliphatic heterocycles. The number of hydrogen-bond donors (Lipinski definition) is 1. The minimum Gasteiger partial charge on any atom is -0.390 e. The van der Waals surface area contributed by atoms with Crippen LogP contribution in [0.1, 0.15) is 44.2 Å². The fourth-order valence-electron chi connectivity index (χ4n) is 3.56. The molecule has 0 spiro atoms. The van der Waals surface area contributed by atoms with Crippen molar-refractivity contribution < 1.29 is 9.90 Å². The van der Waals surface area contributed by atoms with Crippen molar-refractivity contribution >= 4 is 11.7 Å². The first-order chi connectivity index (χ1) is 11.3. The summed E-state index contributed by atoms with van der Waals surface area (Å²) in [5, 5.41) is 9.00. The Morgan fingerprint density at radius 2 is 1.87 bits per heavy atom. The van der Waals surface area contributed by atoms with E-state index >= 15 is 0 Å². The van der Waals surface area contributed by atoms with Crippen molar-refractivity contribution in [1.29, 1.82) is 0 Å². The molecule has 1 aliphatic carbocycles. The molecule has 0 bridgehead atoms. The first kappa shape index (κ1) is 16.2. The molecule has 23 heavy (non-hydrogen) atoms. The van der Waals surface area contributed by atoms with Crippen molar-refractivity contribution in [2.45, 2.75) is 45.1 Å². The van der Waals surface area contributed by atoms with E-state index in [0.29, 0.717) is 18.0 Å². The predicted molar refractivity (Wildman–Crippen MR) is 87.9 cm³/mol. The molecule has 1 aromatic heterocycles. The zero-order chi connectivity index (χ0) is 16.1. The molecule has 1 saturated heterocycles. The molecule has 1 amide bonds. The first-order valence-corrected chi connectivity index (χ1v) is 8.71. The third-order valence-electron chi connectivity index (χ3n) is 5.05. The molecular weight excluding hydrogens is 292 g/mol. The van der Waals surface area contributed by atoms with Crippen LogP contribution in [0.3, 0.4) is 0 Å². The second-order valence-corrected chi connectivity index (χ2v) is 6.58. The van der Waals surface area contributed by atoms with Gasteiger partial charge in [-0.05, 0) is 12.3 Å². The monoisotopic (exact) mass is 318 g/mol. The Kier molecular flexibility index (Phi) is 5.43. The highest BCUT2D eigenvalue weighted by molar-refractivity contribution is 5.76. The fourth-order valence-corrected chi connectivity index (χ4v) is 3.56. The molecule has 2 fully saturated rings. The summed E-state index contributed by atoms with van der Waals surface area (Å²) in [6.07, 6.45) is 10.4. The average molecular weight is 318 g/mol. The van der Waals surface area contributed by atoms with Crippen molar-refractivity contribution in [1.82, 2.24) is 14.9 Å². The summed E-state index contributed by atoms with van der Waals surface area (Å²) in [6.45, 7) is 3.01. The summed E-state index contributed by atoms with van der Waals surface area (Å²) in [6, 6.07) is 0. The highest BCUT2D eigenvalue weighted by Crippen LogP contribution is 2.28. The van der Waals surface area contributed by atoms with Crippen LogP contribution in [0, 0.1) is 5.92 Å². The normalized spacial score (nSPS) is 19.3. The summed E-state index contributed by atoms with van der Waals surface area (Å²) < 4.78 is 0. The standard InChI is InChI=1S/C17H26N4O2/c22-13-15-11-19-16(12-18-15)20-7-9-21(10-8-20)17(23)6-5-14-3-1-2-4-14/h11-12,14,22H,1-10,13H2. The zero-order valence-corrected chi connectivity index (χ0v) is 13.7. The van der Waals surface area contributed by atoms with E-state index in [1.807, 2.05) is 4.90 Å². The van der Waals surface area contributed by atoms with Crippen LogP contribution >= 0.6 is 0 Å². The average Bonchev–Trinajstić information content (AvgIpc) is 3.13. The molecule has 6 nitrogen and oxygen atoms in total. The van der Waals surface area contributed by atoms with Gasteiger partial charge in [0.25, 0.3) is 0 Å². The Bertz CT molecular complexity index is 506. The van der Waals surface area contributed by atoms with Crippen molar-refractivity contribution in [3.8, 4) is 0 Å². The third-order valence-corrected chi connectivity index (χ3v) is 5.05. The third kappa shape index (κ3) is 4.19. The van der Waals surface area contributed by atoms with Crippen LogP contribution in [-0.2, 0) is 11.4 Å². The zero-order valence-electron chi connectivity index (χ0n) is 13.7. The van der Waals surface area contributed by atoms with Crippen LogP contribution in [0.4, 0.5) is 5.82 Å². The highest BCUT2D eigenvalue weighted by atomic mass is 16.3. The summed E-state index contributed by atoms with van der Waals surface area (Å²) in [5.41, 5.74) is 0.578. The van der Waals surface area contributed by atoms with Gasteiger partial charge in [-0.15, -0.1) is 0 Å². The van der Waals surface area contributed by atoms with Crippen LogP contribution in [0.25, 0.3) is 0 Å². The Morgan fingerprint density at radius 3 is 2.48 bits per heavy atom. The largest absolute Gasteiger partial charge is 0.390 e. The molecule has 1 saturated carbocycles. The Hall–Kier alpha value is -1.69. The van der Waals surface area contributed by atoms with Crippen LogP contribution < -0.4 is 4.90 Å². The quantitative estimate of drug-likeness (QED) is 0.893. The number of aliphatic hydroxyl groups is 1. The molecule has 3 rings (SSSR count). The number of piperazine rings is 1. The molecule has 0 unspecified atom stereocenters. The molecule has 1 aromatic rings. The molecule has 1 N–H and O–H groups in total. The molecule has 126 valence electrons. The molecule has 0 atom stereocenters. The molecule has 2 aliphatic rings. The Labute approximate surface area is 137 Å². The second kappa shape index (κ2) is 7.73. The lowest BCUT2D eigenvalue weighted by molar-refractivity contribution is -0.131. The van der Waals surface area contributed by atoms with Gasteiger partial charge in [-0.3, -0.25) is 9.78 Å². The van der Waals surface area contributed by atoms with Gasteiger partial charge in [0, 0.05) is 32.6 Å². The van der Waals surface area contributed by atoms with Gasteiger partial charge in [0.1, 0.15) is 5.82 Å². The summed E-state index contributed by atoms with van der Waals surface area (Å²) in [7, 11) is 0. The molecule has 6 heteroatoms. The number of aromatic nitrogens is 2. The van der Waals surface area contributed by atoms with Gasteiger partial charge < -0.3 is 14.9 Å². The van der Waals surface area contributed by atoms with E-state index in [4.69, 9.17) is 5.11 Å². The van der Waals surface area contributed by atoms with Gasteiger partial charge >= 0.3 is 0 Å². The van der Waals surface area contributed by atoms with Crippen LogP contribution in [0.2, 0.25) is 0 Å². The maximum atomic E-state index is 12.3. The minimum absolute atomic E-state index is 0.0868. The lowest BCUT2D eigenvalue weighted by atomic mass is 10.0. The van der Waals surface area contributed by atoms with Gasteiger partial charge in [-0.25, -0.2) is 4.98 Å². The van der Waals surface area contributed by atoms with E-state index in [0.717, 1.165) is 44.3 Å². The topological polar surface area (TPSA) is 69.6 Å². The predicted octanol–water partition coefficient (Wildman–Crippen LogP) is 1.59. The van der Waals surface area contributed by atoms with Gasteiger partial charge in [0.15, 0.2) is 0 Å². The lowest BCUT2D eigenvalue weighted by Crippen LogP contribution is -2.49. The maximum absolute atomic E-state index is 12.3. The van der Waals surface area contributed by atoms with Crippen molar-refractivity contribution in [3.63, 3.8) is 0 Å². The van der Waals surface area contributed by atoms with E-state index in [1.54, 1.807) is 12.4 Å². The number of nitrogens with zero attached hydrogens (tertiary/aromatic N) is 4. The lowest BCUT2D eigenvalue weighted by Gasteiger charge is -2.35. The number of rotatable bonds is 5. The van der Waals surface area contributed by atoms with Crippen molar-refractivity contribution in [3.05, 3.63) is 18.1 Å². The molecular formula is C17H26N4O2. The number of amides is 1. The summed E-state index contributed by atoms with van der Waals surface area (Å²) in [5.74, 6) is 1.90. The van der Waals surface area contributed by atoms with Crippen LogP contribution in [0.5, 0.6) is 0 Å². The SMILES string of the molecule is O=C(CCC1CCCC1)N1CCN(c2cnc(CO)cn2)CC1. The second-order valence-electron chi connectivity index (χ2n) is 6.58. The fraction of sp³-hybridized carbons (Fsp3) is 0.706. The van der Waals surface area contributed by atoms with E-state index < -0.39 is 0 Å². The van der Waals surface area contributed by atoms with Gasteiger partial charge in [-0.1, -0.05) is 25.7 Å². The van der Waals surface area contributed by atoms with E-state index in [9.17, 15) is 4.79 Å². The number of anilines is 1. The van der Waals surface area contributed by atoms with Crippen LogP contribution in [-0.4, -0.2) is 52.1 Å². The Balaban J connectivity index is 1.44. The van der Waals surface area contributed by atoms with E-state index in [1.165, 1.54) is 25.7 Å². The van der Waals surface area contributed by atoms with Gasteiger partial charge in [0.2, 0.25) is 5.91 Å². The first-order valence-electron chi connectivity index (χ1n) is 8.71. The number of carbonyl (C=O) groups excluding carboxylic acids is 1. The minimum atomic E-state index is -0.0868. The van der Waals surface area contributed by atoms with Crippen molar-refractivity contribution in [2.24, 2.45) is 5.92 Å². The smallest absolute Gasteiger partial charge is 0.222 e. The highest BCUT2D eigenvalue weighted by Gasteiger charge is 2.23. The number of aliphatic hydroxyl groups excluding tert-OH is 1.